The Morgan fingerprint density at radius 1 is 0.717 bits per heavy atom. The molecule has 4 heterocycles. The van der Waals surface area contributed by atoms with Crippen LogP contribution in [-0.4, -0.2) is 56.2 Å². The van der Waals surface area contributed by atoms with Crippen molar-refractivity contribution in [3.05, 3.63) is 70.1 Å². The predicted molar refractivity (Wildman–Crippen MR) is 184 cm³/mol. The second-order valence-corrected chi connectivity index (χ2v) is 15.9. The van der Waals surface area contributed by atoms with E-state index in [-0.39, 0.29) is 24.3 Å². The maximum Gasteiger partial charge on any atom is 0.410 e. The van der Waals surface area contributed by atoms with E-state index in [0.29, 0.717) is 13.1 Å². The van der Waals surface area contributed by atoms with Gasteiger partial charge in [-0.15, -0.1) is 22.7 Å². The minimum atomic E-state index is -0.521. The zero-order valence-electron chi connectivity index (χ0n) is 27.4. The first kappa shape index (κ1) is 32.2. The van der Waals surface area contributed by atoms with Gasteiger partial charge in [0.25, 0.3) is 0 Å². The van der Waals surface area contributed by atoms with Crippen LogP contribution in [0.4, 0.5) is 9.59 Å². The molecule has 2 aromatic carbocycles. The smallest absolute Gasteiger partial charge is 0.410 e. The fourth-order valence-electron chi connectivity index (χ4n) is 5.93. The lowest BCUT2D eigenvalue weighted by Crippen LogP contribution is -2.36. The summed E-state index contributed by atoms with van der Waals surface area (Å²) in [7, 11) is 0. The van der Waals surface area contributed by atoms with Gasteiger partial charge in [0.05, 0.1) is 22.7 Å². The SMILES string of the molecule is CC(C)(C)OC(=O)N1CCC[C@H]1c1nc(-c2ccc(-c3ccc(-c4cnc([C@@H]5CCCN5C(=O)OC(C)(C)C)s4)cc3)cc2)cs1. The second kappa shape index (κ2) is 12.8. The molecule has 2 aliphatic rings. The van der Waals surface area contributed by atoms with E-state index in [9.17, 15) is 9.59 Å². The average molecular weight is 659 g/mol. The molecule has 0 N–H and O–H groups in total. The number of aromatic nitrogens is 2. The number of hydrogen-bond donors (Lipinski definition) is 0. The first-order chi connectivity index (χ1) is 21.8. The number of amides is 2. The van der Waals surface area contributed by atoms with E-state index in [4.69, 9.17) is 19.4 Å². The van der Waals surface area contributed by atoms with Gasteiger partial charge in [-0.05, 0) is 83.9 Å². The Hall–Kier alpha value is -3.76. The van der Waals surface area contributed by atoms with Gasteiger partial charge in [-0.3, -0.25) is 9.80 Å². The molecule has 0 saturated carbocycles. The van der Waals surface area contributed by atoms with Crippen molar-refractivity contribution in [1.82, 2.24) is 19.8 Å². The van der Waals surface area contributed by atoms with Crippen LogP contribution < -0.4 is 0 Å². The molecule has 46 heavy (non-hydrogen) atoms. The monoisotopic (exact) mass is 658 g/mol. The van der Waals surface area contributed by atoms with Crippen molar-refractivity contribution in [3.63, 3.8) is 0 Å². The van der Waals surface area contributed by atoms with Crippen molar-refractivity contribution in [2.75, 3.05) is 13.1 Å². The van der Waals surface area contributed by atoms with Crippen LogP contribution in [0.2, 0.25) is 0 Å². The molecule has 0 radical (unpaired) electrons. The van der Waals surface area contributed by atoms with Crippen LogP contribution >= 0.6 is 22.7 Å². The van der Waals surface area contributed by atoms with E-state index in [1.807, 2.05) is 57.5 Å². The zero-order valence-corrected chi connectivity index (χ0v) is 29.0. The van der Waals surface area contributed by atoms with Gasteiger partial charge >= 0.3 is 12.2 Å². The van der Waals surface area contributed by atoms with Crippen molar-refractivity contribution in [1.29, 1.82) is 0 Å². The Labute approximate surface area is 279 Å². The third-order valence-corrected chi connectivity index (χ3v) is 10.2. The van der Waals surface area contributed by atoms with E-state index in [2.05, 4.69) is 53.9 Å². The number of nitrogens with zero attached hydrogens (tertiary/aromatic N) is 4. The molecule has 2 fully saturated rings. The normalized spacial score (nSPS) is 18.7. The molecule has 0 aliphatic carbocycles. The van der Waals surface area contributed by atoms with Crippen LogP contribution in [0, 0.1) is 0 Å². The van der Waals surface area contributed by atoms with Crippen LogP contribution in [0.1, 0.15) is 89.3 Å². The Morgan fingerprint density at radius 3 is 1.72 bits per heavy atom. The third-order valence-electron chi connectivity index (χ3n) is 8.06. The van der Waals surface area contributed by atoms with Crippen molar-refractivity contribution in [2.24, 2.45) is 0 Å². The van der Waals surface area contributed by atoms with Crippen LogP contribution in [0.5, 0.6) is 0 Å². The van der Waals surface area contributed by atoms with Gasteiger partial charge in [0.15, 0.2) is 0 Å². The minimum absolute atomic E-state index is 0.0388. The molecule has 4 aromatic rings. The van der Waals surface area contributed by atoms with E-state index < -0.39 is 11.2 Å². The van der Waals surface area contributed by atoms with Gasteiger partial charge in [-0.1, -0.05) is 48.5 Å². The van der Waals surface area contributed by atoms with Crippen molar-refractivity contribution >= 4 is 34.9 Å². The fourth-order valence-corrected chi connectivity index (χ4v) is 7.98. The lowest BCUT2D eigenvalue weighted by Gasteiger charge is -2.27. The molecule has 0 unspecified atom stereocenters. The summed E-state index contributed by atoms with van der Waals surface area (Å²) in [6, 6.07) is 16.9. The molecule has 10 heteroatoms. The summed E-state index contributed by atoms with van der Waals surface area (Å²) < 4.78 is 11.3. The standard InChI is InChI=1S/C36H42N4O4S2/c1-35(2,3)43-33(41)39-19-7-9-28(39)31-37-21-30(46-31)26-17-13-24(14-18-26)23-11-15-25(16-12-23)27-22-45-32(38-27)29-10-8-20-40(29)34(42)44-36(4,5)6/h11-18,21-22,28-29H,7-10,19-20H2,1-6H3/t28-,29-/m0/s1. The first-order valence-corrected chi connectivity index (χ1v) is 17.7. The number of rotatable bonds is 5. The molecular formula is C36H42N4O4S2. The highest BCUT2D eigenvalue weighted by atomic mass is 32.1. The minimum Gasteiger partial charge on any atom is -0.444 e. The maximum atomic E-state index is 12.8. The van der Waals surface area contributed by atoms with Gasteiger partial charge < -0.3 is 9.47 Å². The highest BCUT2D eigenvalue weighted by Gasteiger charge is 2.36. The van der Waals surface area contributed by atoms with E-state index in [0.717, 1.165) is 68.5 Å². The fraction of sp³-hybridized carbons (Fsp3) is 0.444. The van der Waals surface area contributed by atoms with Crippen LogP contribution in [-0.2, 0) is 9.47 Å². The molecule has 2 amide bonds. The molecule has 2 saturated heterocycles. The number of ether oxygens (including phenoxy) is 2. The van der Waals surface area contributed by atoms with Gasteiger partial charge in [0.1, 0.15) is 21.2 Å². The van der Waals surface area contributed by atoms with Crippen LogP contribution in [0.25, 0.3) is 32.8 Å². The van der Waals surface area contributed by atoms with Crippen molar-refractivity contribution in [2.45, 2.75) is 90.5 Å². The molecule has 6 rings (SSSR count). The summed E-state index contributed by atoms with van der Waals surface area (Å²) in [5.74, 6) is 0. The Kier molecular flexibility index (Phi) is 8.95. The van der Waals surface area contributed by atoms with Crippen molar-refractivity contribution < 1.29 is 19.1 Å². The number of likely N-dealkylation sites (tertiary alicyclic amines) is 2. The van der Waals surface area contributed by atoms with E-state index in [1.165, 1.54) is 0 Å². The lowest BCUT2D eigenvalue weighted by atomic mass is 10.0. The van der Waals surface area contributed by atoms with Gasteiger partial charge in [-0.25, -0.2) is 19.6 Å². The molecule has 8 nitrogen and oxygen atoms in total. The largest absolute Gasteiger partial charge is 0.444 e. The molecule has 2 aliphatic heterocycles. The third kappa shape index (κ3) is 7.28. The van der Waals surface area contributed by atoms with E-state index in [1.54, 1.807) is 22.7 Å². The second-order valence-electron chi connectivity index (χ2n) is 14.0. The summed E-state index contributed by atoms with van der Waals surface area (Å²) >= 11 is 3.25. The van der Waals surface area contributed by atoms with Crippen LogP contribution in [0.3, 0.4) is 0 Å². The Balaban J connectivity index is 1.11. The number of carbonyl (C=O) groups excluding carboxylic acids is 2. The number of benzene rings is 2. The Bertz CT molecular complexity index is 1560. The number of thiazole rings is 2. The maximum absolute atomic E-state index is 12.8. The zero-order chi connectivity index (χ0) is 32.6. The van der Waals surface area contributed by atoms with Gasteiger partial charge in [-0.2, -0.15) is 0 Å². The summed E-state index contributed by atoms with van der Waals surface area (Å²) in [5.41, 5.74) is 4.29. The van der Waals surface area contributed by atoms with Crippen molar-refractivity contribution in [3.8, 4) is 32.8 Å². The highest BCUT2D eigenvalue weighted by Crippen LogP contribution is 2.39. The summed E-state index contributed by atoms with van der Waals surface area (Å²) in [5, 5.41) is 3.98. The average Bonchev–Trinajstić information content (AvgIpc) is 3.82. The van der Waals surface area contributed by atoms with Gasteiger partial charge in [0.2, 0.25) is 0 Å². The highest BCUT2D eigenvalue weighted by molar-refractivity contribution is 7.15. The first-order valence-electron chi connectivity index (χ1n) is 16.0. The quantitative estimate of drug-likeness (QED) is 0.212. The van der Waals surface area contributed by atoms with Gasteiger partial charge in [0, 0.05) is 30.2 Å². The molecule has 242 valence electrons. The Morgan fingerprint density at radius 2 is 1.20 bits per heavy atom. The van der Waals surface area contributed by atoms with Crippen LogP contribution in [0.15, 0.2) is 60.1 Å². The molecule has 0 spiro atoms. The summed E-state index contributed by atoms with van der Waals surface area (Å²) in [6.07, 6.45) is 5.07. The molecule has 2 aromatic heterocycles. The molecule has 0 bridgehead atoms. The molecule has 2 atom stereocenters. The molecular weight excluding hydrogens is 617 g/mol. The summed E-state index contributed by atoms with van der Waals surface area (Å²) in [4.78, 5) is 39.9. The predicted octanol–water partition coefficient (Wildman–Crippen LogP) is 9.74. The topological polar surface area (TPSA) is 84.9 Å². The summed E-state index contributed by atoms with van der Waals surface area (Å²) in [6.45, 7) is 12.8. The van der Waals surface area contributed by atoms with E-state index >= 15 is 0 Å². The lowest BCUT2D eigenvalue weighted by molar-refractivity contribution is 0.0213. The number of carbonyl (C=O) groups is 2. The number of hydrogen-bond acceptors (Lipinski definition) is 8.